The van der Waals surface area contributed by atoms with E-state index in [1.807, 2.05) is 0 Å². The maximum atomic E-state index is 12.8. The fourth-order valence-corrected chi connectivity index (χ4v) is 4.64. The normalized spacial score (nSPS) is 16.5. The molecule has 26 heavy (non-hydrogen) atoms. The van der Waals surface area contributed by atoms with Crippen LogP contribution in [0.5, 0.6) is 0 Å². The molecule has 1 aliphatic rings. The van der Waals surface area contributed by atoms with Crippen LogP contribution in [0.1, 0.15) is 22.6 Å². The molecule has 2 heterocycles. The molecular formula is C17H21ClN4O3S. The van der Waals surface area contributed by atoms with Gasteiger partial charge in [-0.1, -0.05) is 23.7 Å². The third-order valence-corrected chi connectivity index (χ3v) is 6.64. The molecule has 1 aliphatic heterocycles. The summed E-state index contributed by atoms with van der Waals surface area (Å²) in [6.07, 6.45) is 2.07. The standard InChI is InChI=1S/C17H21ClN4O3S/c1-13-19-16(12-20(13)2)26(24,25)22-9-5-8-21(10-11-22)17(23)14-6-3-4-7-15(14)18/h3-4,6-7,12H,5,8-11H2,1-2H3. The number of hydrogen-bond acceptors (Lipinski definition) is 4. The van der Waals surface area contributed by atoms with E-state index in [0.717, 1.165) is 0 Å². The number of benzene rings is 1. The highest BCUT2D eigenvalue weighted by atomic mass is 35.5. The predicted molar refractivity (Wildman–Crippen MR) is 98.7 cm³/mol. The number of nitrogens with zero attached hydrogens (tertiary/aromatic N) is 4. The lowest BCUT2D eigenvalue weighted by Gasteiger charge is -2.21. The van der Waals surface area contributed by atoms with Crippen LogP contribution in [0, 0.1) is 6.92 Å². The zero-order valence-corrected chi connectivity index (χ0v) is 16.3. The number of rotatable bonds is 3. The van der Waals surface area contributed by atoms with Gasteiger partial charge in [0.2, 0.25) is 0 Å². The van der Waals surface area contributed by atoms with Gasteiger partial charge in [-0.2, -0.15) is 4.31 Å². The zero-order chi connectivity index (χ0) is 18.9. The fraction of sp³-hybridized carbons (Fsp3) is 0.412. The van der Waals surface area contributed by atoms with Crippen LogP contribution in [-0.4, -0.2) is 59.3 Å². The third-order valence-electron chi connectivity index (χ3n) is 4.54. The topological polar surface area (TPSA) is 75.5 Å². The van der Waals surface area contributed by atoms with Crippen molar-refractivity contribution in [1.82, 2.24) is 18.8 Å². The SMILES string of the molecule is Cc1nc(S(=O)(=O)N2CCCN(C(=O)c3ccccc3Cl)CC2)cn1C. The molecular weight excluding hydrogens is 376 g/mol. The monoisotopic (exact) mass is 396 g/mol. The minimum atomic E-state index is -3.67. The van der Waals surface area contributed by atoms with Gasteiger partial charge in [0, 0.05) is 39.4 Å². The Balaban J connectivity index is 1.76. The molecule has 1 amide bonds. The smallest absolute Gasteiger partial charge is 0.262 e. The number of imidazole rings is 1. The lowest BCUT2D eigenvalue weighted by atomic mass is 10.2. The Kier molecular flexibility index (Phi) is 5.36. The Hall–Kier alpha value is -1.90. The maximum absolute atomic E-state index is 12.8. The second-order valence-electron chi connectivity index (χ2n) is 6.27. The van der Waals surface area contributed by atoms with Crippen LogP contribution in [0.2, 0.25) is 5.02 Å². The van der Waals surface area contributed by atoms with Crippen molar-refractivity contribution in [3.63, 3.8) is 0 Å². The molecule has 140 valence electrons. The van der Waals surface area contributed by atoms with E-state index in [1.54, 1.807) is 47.7 Å². The highest BCUT2D eigenvalue weighted by Crippen LogP contribution is 2.20. The first-order valence-electron chi connectivity index (χ1n) is 8.34. The molecule has 9 heteroatoms. The molecule has 3 rings (SSSR count). The van der Waals surface area contributed by atoms with E-state index in [2.05, 4.69) is 4.98 Å². The summed E-state index contributed by atoms with van der Waals surface area (Å²) < 4.78 is 28.7. The molecule has 1 saturated heterocycles. The van der Waals surface area contributed by atoms with Crippen molar-refractivity contribution in [2.24, 2.45) is 7.05 Å². The second kappa shape index (κ2) is 7.38. The third kappa shape index (κ3) is 3.62. The Morgan fingerprint density at radius 3 is 2.54 bits per heavy atom. The lowest BCUT2D eigenvalue weighted by molar-refractivity contribution is 0.0764. The van der Waals surface area contributed by atoms with Crippen molar-refractivity contribution >= 4 is 27.5 Å². The van der Waals surface area contributed by atoms with Gasteiger partial charge in [-0.15, -0.1) is 0 Å². The largest absolute Gasteiger partial charge is 0.337 e. The minimum absolute atomic E-state index is 0.0448. The summed E-state index contributed by atoms with van der Waals surface area (Å²) in [7, 11) is -1.91. The van der Waals surface area contributed by atoms with Crippen LogP contribution in [0.4, 0.5) is 0 Å². The van der Waals surface area contributed by atoms with E-state index in [-0.39, 0.29) is 17.5 Å². The van der Waals surface area contributed by atoms with Crippen molar-refractivity contribution in [2.45, 2.75) is 18.4 Å². The van der Waals surface area contributed by atoms with Gasteiger partial charge in [0.1, 0.15) is 5.82 Å². The summed E-state index contributed by atoms with van der Waals surface area (Å²) in [6.45, 7) is 3.14. The first kappa shape index (κ1) is 18.9. The van der Waals surface area contributed by atoms with Crippen LogP contribution in [0.3, 0.4) is 0 Å². The average Bonchev–Trinajstić information content (AvgIpc) is 2.82. The zero-order valence-electron chi connectivity index (χ0n) is 14.7. The molecule has 0 radical (unpaired) electrons. The number of carbonyl (C=O) groups excluding carboxylic acids is 1. The van der Waals surface area contributed by atoms with E-state index in [0.29, 0.717) is 42.5 Å². The number of carbonyl (C=O) groups is 1. The summed E-state index contributed by atoms with van der Waals surface area (Å²) in [4.78, 5) is 18.5. The number of hydrogen-bond donors (Lipinski definition) is 0. The lowest BCUT2D eigenvalue weighted by Crippen LogP contribution is -2.37. The second-order valence-corrected chi connectivity index (χ2v) is 8.56. The van der Waals surface area contributed by atoms with Crippen LogP contribution >= 0.6 is 11.6 Å². The van der Waals surface area contributed by atoms with Crippen molar-refractivity contribution < 1.29 is 13.2 Å². The number of aromatic nitrogens is 2. The average molecular weight is 397 g/mol. The van der Waals surface area contributed by atoms with Gasteiger partial charge in [-0.25, -0.2) is 13.4 Å². The fourth-order valence-electron chi connectivity index (χ4n) is 2.93. The van der Waals surface area contributed by atoms with Crippen molar-refractivity contribution in [3.8, 4) is 0 Å². The molecule has 0 spiro atoms. The Labute approximate surface area is 158 Å². The summed E-state index contributed by atoms with van der Waals surface area (Å²) in [5.74, 6) is 0.456. The predicted octanol–water partition coefficient (Wildman–Crippen LogP) is 1.92. The summed E-state index contributed by atoms with van der Waals surface area (Å²) >= 11 is 6.11. The molecule has 1 fully saturated rings. The first-order valence-corrected chi connectivity index (χ1v) is 10.2. The van der Waals surface area contributed by atoms with Gasteiger partial charge < -0.3 is 9.47 Å². The van der Waals surface area contributed by atoms with E-state index in [1.165, 1.54) is 10.5 Å². The molecule has 0 aliphatic carbocycles. The number of sulfonamides is 1. The van der Waals surface area contributed by atoms with E-state index < -0.39 is 10.0 Å². The van der Waals surface area contributed by atoms with Crippen LogP contribution in [0.25, 0.3) is 0 Å². The number of amides is 1. The van der Waals surface area contributed by atoms with E-state index in [9.17, 15) is 13.2 Å². The molecule has 0 N–H and O–H groups in total. The molecule has 0 unspecified atom stereocenters. The first-order chi connectivity index (χ1) is 12.3. The molecule has 0 saturated carbocycles. The molecule has 7 nitrogen and oxygen atoms in total. The molecule has 1 aromatic heterocycles. The number of halogens is 1. The highest BCUT2D eigenvalue weighted by molar-refractivity contribution is 7.89. The van der Waals surface area contributed by atoms with Crippen molar-refractivity contribution in [3.05, 3.63) is 46.9 Å². The maximum Gasteiger partial charge on any atom is 0.262 e. The molecule has 0 bridgehead atoms. The van der Waals surface area contributed by atoms with Crippen molar-refractivity contribution in [2.75, 3.05) is 26.2 Å². The summed E-state index contributed by atoms with van der Waals surface area (Å²) in [5, 5.41) is 0.443. The van der Waals surface area contributed by atoms with Gasteiger partial charge in [0.15, 0.2) is 5.03 Å². The Morgan fingerprint density at radius 1 is 1.15 bits per heavy atom. The summed E-state index contributed by atoms with van der Waals surface area (Å²) in [6, 6.07) is 6.88. The van der Waals surface area contributed by atoms with Gasteiger partial charge in [-0.3, -0.25) is 4.79 Å². The van der Waals surface area contributed by atoms with Gasteiger partial charge >= 0.3 is 0 Å². The Bertz CT molecular complexity index is 906. The van der Waals surface area contributed by atoms with Crippen LogP contribution in [-0.2, 0) is 17.1 Å². The van der Waals surface area contributed by atoms with Gasteiger partial charge in [-0.05, 0) is 25.5 Å². The number of aryl methyl sites for hydroxylation is 2. The molecule has 1 aromatic carbocycles. The van der Waals surface area contributed by atoms with Crippen LogP contribution in [0.15, 0.2) is 35.5 Å². The van der Waals surface area contributed by atoms with Gasteiger partial charge in [0.05, 0.1) is 10.6 Å². The van der Waals surface area contributed by atoms with Gasteiger partial charge in [0.25, 0.3) is 15.9 Å². The van der Waals surface area contributed by atoms with Crippen molar-refractivity contribution in [1.29, 1.82) is 0 Å². The molecule has 0 atom stereocenters. The minimum Gasteiger partial charge on any atom is -0.337 e. The molecule has 2 aromatic rings. The highest BCUT2D eigenvalue weighted by Gasteiger charge is 2.30. The quantitative estimate of drug-likeness (QED) is 0.794. The summed E-state index contributed by atoms with van der Waals surface area (Å²) in [5.41, 5.74) is 0.436. The Morgan fingerprint density at radius 2 is 1.88 bits per heavy atom. The van der Waals surface area contributed by atoms with Crippen LogP contribution < -0.4 is 0 Å². The van der Waals surface area contributed by atoms with E-state index in [4.69, 9.17) is 11.6 Å². The van der Waals surface area contributed by atoms with E-state index >= 15 is 0 Å².